The second-order valence-electron chi connectivity index (χ2n) is 3.84. The highest BCUT2D eigenvalue weighted by atomic mass is 15.0. The molecule has 63 valence electrons. The van der Waals surface area contributed by atoms with Gasteiger partial charge in [0.25, 0.3) is 0 Å². The number of hydrogen-bond donors (Lipinski definition) is 2. The van der Waals surface area contributed by atoms with Crippen LogP contribution in [0.4, 0.5) is 0 Å². The highest BCUT2D eigenvalue weighted by molar-refractivity contribution is 4.99. The maximum atomic E-state index is 3.51. The van der Waals surface area contributed by atoms with Gasteiger partial charge < -0.3 is 10.6 Å². The van der Waals surface area contributed by atoms with Crippen molar-refractivity contribution in [3.8, 4) is 0 Å². The Labute approximate surface area is 68.7 Å². The van der Waals surface area contributed by atoms with E-state index in [1.807, 2.05) is 0 Å². The van der Waals surface area contributed by atoms with Gasteiger partial charge in [0, 0.05) is 18.5 Å². The maximum Gasteiger partial charge on any atom is 0.0296 e. The molecule has 0 amide bonds. The van der Waals surface area contributed by atoms with Gasteiger partial charge in [-0.15, -0.1) is 0 Å². The predicted molar refractivity (Wildman–Crippen MR) is 46.1 cm³/mol. The van der Waals surface area contributed by atoms with E-state index in [2.05, 4.69) is 17.2 Å². The Kier molecular flexibility index (Phi) is 2.14. The summed E-state index contributed by atoms with van der Waals surface area (Å²) in [5, 5.41) is 6.85. The molecule has 2 saturated heterocycles. The van der Waals surface area contributed by atoms with E-state index in [1.54, 1.807) is 0 Å². The minimum atomic E-state index is 0.510. The standard InChI is InChI=1S/C9H17N2/c1-2-5-10-7-9(3-1)4-6-11-8-9/h8,10-11H,1-7H2. The summed E-state index contributed by atoms with van der Waals surface area (Å²) in [5.74, 6) is 0. The lowest BCUT2D eigenvalue weighted by atomic mass is 9.83. The van der Waals surface area contributed by atoms with E-state index in [1.165, 1.54) is 45.3 Å². The first-order valence-electron chi connectivity index (χ1n) is 4.70. The van der Waals surface area contributed by atoms with Crippen LogP contribution in [0.5, 0.6) is 0 Å². The first kappa shape index (κ1) is 7.56. The summed E-state index contributed by atoms with van der Waals surface area (Å²) in [7, 11) is 0. The summed E-state index contributed by atoms with van der Waals surface area (Å²) in [6.45, 7) is 5.92. The van der Waals surface area contributed by atoms with Crippen molar-refractivity contribution in [2.75, 3.05) is 19.6 Å². The average molecular weight is 153 g/mol. The molecule has 2 heterocycles. The molecule has 0 aliphatic carbocycles. The first-order valence-corrected chi connectivity index (χ1v) is 4.70. The molecule has 1 atom stereocenters. The van der Waals surface area contributed by atoms with Crippen molar-refractivity contribution in [3.63, 3.8) is 0 Å². The zero-order valence-corrected chi connectivity index (χ0v) is 7.03. The van der Waals surface area contributed by atoms with Gasteiger partial charge in [-0.25, -0.2) is 0 Å². The van der Waals surface area contributed by atoms with Gasteiger partial charge in [0.1, 0.15) is 0 Å². The number of rotatable bonds is 0. The lowest BCUT2D eigenvalue weighted by Crippen LogP contribution is -2.31. The second kappa shape index (κ2) is 3.11. The summed E-state index contributed by atoms with van der Waals surface area (Å²) in [5.41, 5.74) is 0.510. The third-order valence-corrected chi connectivity index (χ3v) is 2.93. The Hall–Kier alpha value is -0.0800. The van der Waals surface area contributed by atoms with Crippen LogP contribution in [0.2, 0.25) is 0 Å². The normalized spacial score (nSPS) is 39.3. The highest BCUT2D eigenvalue weighted by Crippen LogP contribution is 2.34. The van der Waals surface area contributed by atoms with Gasteiger partial charge in [0.15, 0.2) is 0 Å². The first-order chi connectivity index (χ1) is 5.41. The van der Waals surface area contributed by atoms with Crippen LogP contribution in [0, 0.1) is 12.0 Å². The van der Waals surface area contributed by atoms with Crippen molar-refractivity contribution in [1.29, 1.82) is 0 Å². The quantitative estimate of drug-likeness (QED) is 0.540. The van der Waals surface area contributed by atoms with Crippen LogP contribution in [0.15, 0.2) is 0 Å². The Morgan fingerprint density at radius 1 is 1.09 bits per heavy atom. The van der Waals surface area contributed by atoms with Crippen LogP contribution in [-0.4, -0.2) is 19.6 Å². The van der Waals surface area contributed by atoms with Gasteiger partial charge >= 0.3 is 0 Å². The molecule has 0 aromatic heterocycles. The molecule has 0 saturated carbocycles. The van der Waals surface area contributed by atoms with E-state index in [-0.39, 0.29) is 0 Å². The van der Waals surface area contributed by atoms with Crippen LogP contribution in [-0.2, 0) is 0 Å². The van der Waals surface area contributed by atoms with E-state index in [9.17, 15) is 0 Å². The summed E-state index contributed by atoms with van der Waals surface area (Å²) in [6.07, 6.45) is 5.47. The van der Waals surface area contributed by atoms with E-state index in [0.717, 1.165) is 0 Å². The van der Waals surface area contributed by atoms with Gasteiger partial charge in [-0.05, 0) is 32.4 Å². The van der Waals surface area contributed by atoms with Crippen molar-refractivity contribution in [3.05, 3.63) is 6.54 Å². The van der Waals surface area contributed by atoms with Crippen molar-refractivity contribution in [2.45, 2.75) is 25.7 Å². The molecular weight excluding hydrogens is 136 g/mol. The third-order valence-electron chi connectivity index (χ3n) is 2.93. The monoisotopic (exact) mass is 153 g/mol. The van der Waals surface area contributed by atoms with Crippen LogP contribution in [0.25, 0.3) is 0 Å². The van der Waals surface area contributed by atoms with E-state index in [0.29, 0.717) is 5.41 Å². The summed E-state index contributed by atoms with van der Waals surface area (Å²) in [6, 6.07) is 0. The lowest BCUT2D eigenvalue weighted by Gasteiger charge is -2.25. The largest absolute Gasteiger partial charge is 0.316 e. The van der Waals surface area contributed by atoms with Gasteiger partial charge in [0.2, 0.25) is 0 Å². The maximum absolute atomic E-state index is 3.51. The Morgan fingerprint density at radius 2 is 2.09 bits per heavy atom. The average Bonchev–Trinajstić information content (AvgIpc) is 2.32. The molecule has 2 aliphatic heterocycles. The summed E-state index contributed by atoms with van der Waals surface area (Å²) < 4.78 is 0. The minimum Gasteiger partial charge on any atom is -0.316 e. The number of hydrogen-bond acceptors (Lipinski definition) is 2. The Balaban J connectivity index is 1.97. The molecular formula is C9H17N2. The molecule has 2 N–H and O–H groups in total. The van der Waals surface area contributed by atoms with Crippen LogP contribution in [0.3, 0.4) is 0 Å². The Bertz CT molecular complexity index is 118. The topological polar surface area (TPSA) is 24.1 Å². The molecule has 1 spiro atoms. The lowest BCUT2D eigenvalue weighted by molar-refractivity contribution is 0.334. The molecule has 2 nitrogen and oxygen atoms in total. The van der Waals surface area contributed by atoms with Crippen LogP contribution >= 0.6 is 0 Å². The van der Waals surface area contributed by atoms with E-state index >= 15 is 0 Å². The van der Waals surface area contributed by atoms with Crippen molar-refractivity contribution in [2.24, 2.45) is 5.41 Å². The molecule has 0 aromatic rings. The molecule has 0 bridgehead atoms. The zero-order chi connectivity index (χ0) is 7.57. The molecule has 1 unspecified atom stereocenters. The van der Waals surface area contributed by atoms with Gasteiger partial charge in [-0.3, -0.25) is 0 Å². The smallest absolute Gasteiger partial charge is 0.0296 e. The fourth-order valence-electron chi connectivity index (χ4n) is 2.17. The van der Waals surface area contributed by atoms with Crippen LogP contribution in [0.1, 0.15) is 25.7 Å². The summed E-state index contributed by atoms with van der Waals surface area (Å²) >= 11 is 0. The second-order valence-corrected chi connectivity index (χ2v) is 3.84. The van der Waals surface area contributed by atoms with E-state index in [4.69, 9.17) is 0 Å². The molecule has 2 rings (SSSR count). The van der Waals surface area contributed by atoms with Crippen LogP contribution < -0.4 is 10.6 Å². The van der Waals surface area contributed by atoms with Crippen molar-refractivity contribution in [1.82, 2.24) is 10.6 Å². The molecule has 2 fully saturated rings. The van der Waals surface area contributed by atoms with Crippen molar-refractivity contribution < 1.29 is 0 Å². The third kappa shape index (κ3) is 1.57. The SMILES string of the molecule is [CH]1NCCC12CCCCNC2. The molecule has 2 heteroatoms. The van der Waals surface area contributed by atoms with Gasteiger partial charge in [-0.1, -0.05) is 6.42 Å². The van der Waals surface area contributed by atoms with Crippen molar-refractivity contribution >= 4 is 0 Å². The van der Waals surface area contributed by atoms with Gasteiger partial charge in [-0.2, -0.15) is 0 Å². The molecule has 11 heavy (non-hydrogen) atoms. The highest BCUT2D eigenvalue weighted by Gasteiger charge is 2.34. The molecule has 0 aromatic carbocycles. The predicted octanol–water partition coefficient (Wildman–Crippen LogP) is 0.901. The fraction of sp³-hybridized carbons (Fsp3) is 0.889. The Morgan fingerprint density at radius 3 is 2.91 bits per heavy atom. The zero-order valence-electron chi connectivity index (χ0n) is 7.03. The molecule has 2 aliphatic rings. The minimum absolute atomic E-state index is 0.510. The summed E-state index contributed by atoms with van der Waals surface area (Å²) in [4.78, 5) is 0. The van der Waals surface area contributed by atoms with E-state index < -0.39 is 0 Å². The number of nitrogens with one attached hydrogen (secondary N) is 2. The molecule has 1 radical (unpaired) electrons. The van der Waals surface area contributed by atoms with Gasteiger partial charge in [0.05, 0.1) is 0 Å². The fourth-order valence-corrected chi connectivity index (χ4v) is 2.17.